The van der Waals surface area contributed by atoms with Gasteiger partial charge < -0.3 is 10.2 Å². The number of Topliss-reactive ketones (excluding diaryl/α,β-unsaturated/α-hetero) is 1. The highest BCUT2D eigenvalue weighted by Crippen LogP contribution is 2.02. The summed E-state index contributed by atoms with van der Waals surface area (Å²) in [5.41, 5.74) is 0. The molecule has 0 aromatic rings. The average molecular weight is 160 g/mol. The number of carbonyl (C=O) groups is 1. The van der Waals surface area contributed by atoms with Gasteiger partial charge >= 0.3 is 0 Å². The molecule has 0 radical (unpaired) electrons. The van der Waals surface area contributed by atoms with E-state index in [1.807, 2.05) is 0 Å². The van der Waals surface area contributed by atoms with E-state index in [1.54, 1.807) is 0 Å². The highest BCUT2D eigenvalue weighted by atomic mass is 16.3. The van der Waals surface area contributed by atoms with Crippen LogP contribution in [0.15, 0.2) is 0 Å². The average Bonchev–Trinajstić information content (AvgIpc) is 2.04. The van der Waals surface area contributed by atoms with E-state index in [2.05, 4.69) is 0 Å². The summed E-state index contributed by atoms with van der Waals surface area (Å²) in [6, 6.07) is 0. The van der Waals surface area contributed by atoms with Crippen molar-refractivity contribution in [2.75, 3.05) is 13.2 Å². The zero-order valence-corrected chi connectivity index (χ0v) is 6.75. The zero-order chi connectivity index (χ0) is 8.53. The first-order valence-electron chi connectivity index (χ1n) is 4.04. The Hall–Kier alpha value is -0.410. The molecule has 0 aromatic carbocycles. The van der Waals surface area contributed by atoms with Gasteiger partial charge in [-0.3, -0.25) is 4.79 Å². The molecule has 0 aliphatic heterocycles. The minimum Gasteiger partial charge on any atom is -0.396 e. The lowest BCUT2D eigenvalue weighted by molar-refractivity contribution is -0.121. The van der Waals surface area contributed by atoms with Crippen LogP contribution in [0.25, 0.3) is 0 Å². The fourth-order valence-corrected chi connectivity index (χ4v) is 0.867. The number of unbranched alkanes of at least 4 members (excludes halogenated alkanes) is 3. The van der Waals surface area contributed by atoms with Gasteiger partial charge in [-0.2, -0.15) is 0 Å². The summed E-state index contributed by atoms with van der Waals surface area (Å²) in [6.07, 6.45) is 4.05. The first kappa shape index (κ1) is 10.6. The molecule has 0 rings (SSSR count). The standard InChI is InChI=1S/C8H16O3/c9-6-4-2-1-3-5-8(11)7-10/h9-10H,1-7H2. The van der Waals surface area contributed by atoms with Gasteiger partial charge in [-0.1, -0.05) is 12.8 Å². The first-order valence-corrected chi connectivity index (χ1v) is 4.04. The second kappa shape index (κ2) is 7.69. The first-order chi connectivity index (χ1) is 5.31. The zero-order valence-electron chi connectivity index (χ0n) is 6.75. The predicted octanol–water partition coefficient (Wildman–Crippen LogP) is 0.491. The lowest BCUT2D eigenvalue weighted by Gasteiger charge is -1.97. The molecule has 0 amide bonds. The Balaban J connectivity index is 2.95. The Morgan fingerprint density at radius 2 is 1.64 bits per heavy atom. The molecule has 0 aliphatic rings. The third-order valence-electron chi connectivity index (χ3n) is 1.54. The van der Waals surface area contributed by atoms with E-state index in [4.69, 9.17) is 10.2 Å². The maximum atomic E-state index is 10.5. The van der Waals surface area contributed by atoms with Gasteiger partial charge in [0.2, 0.25) is 0 Å². The van der Waals surface area contributed by atoms with E-state index in [0.717, 1.165) is 25.7 Å². The van der Waals surface area contributed by atoms with E-state index in [-0.39, 0.29) is 19.0 Å². The summed E-state index contributed by atoms with van der Waals surface area (Å²) < 4.78 is 0. The summed E-state index contributed by atoms with van der Waals surface area (Å²) in [5, 5.41) is 16.8. The quantitative estimate of drug-likeness (QED) is 0.533. The van der Waals surface area contributed by atoms with Gasteiger partial charge in [0.25, 0.3) is 0 Å². The SMILES string of the molecule is O=C(CO)CCCCCCO. The molecule has 0 atom stereocenters. The van der Waals surface area contributed by atoms with Crippen LogP contribution in [0.5, 0.6) is 0 Å². The van der Waals surface area contributed by atoms with E-state index < -0.39 is 0 Å². The van der Waals surface area contributed by atoms with E-state index >= 15 is 0 Å². The van der Waals surface area contributed by atoms with Crippen molar-refractivity contribution in [1.29, 1.82) is 0 Å². The number of rotatable bonds is 7. The Bertz CT molecular complexity index is 102. The molecule has 66 valence electrons. The monoisotopic (exact) mass is 160 g/mol. The molecule has 0 heterocycles. The van der Waals surface area contributed by atoms with Crippen LogP contribution in [0.3, 0.4) is 0 Å². The minimum absolute atomic E-state index is 0.0889. The normalized spacial score (nSPS) is 10.0. The summed E-state index contributed by atoms with van der Waals surface area (Å²) in [4.78, 5) is 10.5. The van der Waals surface area contributed by atoms with Crippen molar-refractivity contribution in [3.8, 4) is 0 Å². The third-order valence-corrected chi connectivity index (χ3v) is 1.54. The minimum atomic E-state index is -0.333. The molecule has 2 N–H and O–H groups in total. The largest absolute Gasteiger partial charge is 0.396 e. The molecule has 0 saturated heterocycles. The number of aliphatic hydroxyl groups is 2. The van der Waals surface area contributed by atoms with Gasteiger partial charge in [0, 0.05) is 13.0 Å². The van der Waals surface area contributed by atoms with Crippen molar-refractivity contribution in [2.24, 2.45) is 0 Å². The highest BCUT2D eigenvalue weighted by Gasteiger charge is 1.97. The van der Waals surface area contributed by atoms with Gasteiger partial charge in [-0.25, -0.2) is 0 Å². The molecule has 0 unspecified atom stereocenters. The summed E-state index contributed by atoms with van der Waals surface area (Å²) in [6.45, 7) is -0.103. The Kier molecular flexibility index (Phi) is 7.41. The van der Waals surface area contributed by atoms with Gasteiger partial charge in [0.05, 0.1) is 0 Å². The van der Waals surface area contributed by atoms with E-state index in [0.29, 0.717) is 6.42 Å². The number of carbonyl (C=O) groups excluding carboxylic acids is 1. The van der Waals surface area contributed by atoms with Crippen molar-refractivity contribution >= 4 is 5.78 Å². The molecule has 0 fully saturated rings. The molecular formula is C8H16O3. The van der Waals surface area contributed by atoms with Gasteiger partial charge in [-0.15, -0.1) is 0 Å². The molecule has 3 nitrogen and oxygen atoms in total. The Morgan fingerprint density at radius 3 is 2.18 bits per heavy atom. The Morgan fingerprint density at radius 1 is 1.00 bits per heavy atom. The molecule has 0 spiro atoms. The molecule has 3 heteroatoms. The Labute approximate surface area is 67.0 Å². The van der Waals surface area contributed by atoms with Gasteiger partial charge in [0.1, 0.15) is 6.61 Å². The highest BCUT2D eigenvalue weighted by molar-refractivity contribution is 5.79. The van der Waals surface area contributed by atoms with Crippen molar-refractivity contribution in [1.82, 2.24) is 0 Å². The molecule has 0 saturated carbocycles. The van der Waals surface area contributed by atoms with Crippen molar-refractivity contribution in [3.05, 3.63) is 0 Å². The summed E-state index contributed by atoms with van der Waals surface area (Å²) >= 11 is 0. The van der Waals surface area contributed by atoms with Crippen LogP contribution in [0.2, 0.25) is 0 Å². The fraction of sp³-hybridized carbons (Fsp3) is 0.875. The molecular weight excluding hydrogens is 144 g/mol. The molecule has 0 aromatic heterocycles. The topological polar surface area (TPSA) is 57.5 Å². The lowest BCUT2D eigenvalue weighted by atomic mass is 10.1. The van der Waals surface area contributed by atoms with Crippen LogP contribution in [0.4, 0.5) is 0 Å². The number of ketones is 1. The summed E-state index contributed by atoms with van der Waals surface area (Å²) in [5.74, 6) is -0.0889. The number of hydrogen-bond acceptors (Lipinski definition) is 3. The van der Waals surface area contributed by atoms with Gasteiger partial charge in [-0.05, 0) is 12.8 Å². The van der Waals surface area contributed by atoms with Crippen molar-refractivity contribution in [3.63, 3.8) is 0 Å². The van der Waals surface area contributed by atoms with Crippen LogP contribution in [-0.2, 0) is 4.79 Å². The molecule has 0 bridgehead atoms. The maximum Gasteiger partial charge on any atom is 0.158 e. The van der Waals surface area contributed by atoms with Crippen LogP contribution >= 0.6 is 0 Å². The van der Waals surface area contributed by atoms with Crippen molar-refractivity contribution < 1.29 is 15.0 Å². The van der Waals surface area contributed by atoms with Gasteiger partial charge in [0.15, 0.2) is 5.78 Å². The van der Waals surface area contributed by atoms with Crippen molar-refractivity contribution in [2.45, 2.75) is 32.1 Å². The van der Waals surface area contributed by atoms with Crippen LogP contribution in [-0.4, -0.2) is 29.2 Å². The number of hydrogen-bond donors (Lipinski definition) is 2. The fourth-order valence-electron chi connectivity index (χ4n) is 0.867. The third kappa shape index (κ3) is 7.49. The summed E-state index contributed by atoms with van der Waals surface area (Å²) in [7, 11) is 0. The van der Waals surface area contributed by atoms with E-state index in [9.17, 15) is 4.79 Å². The number of aliphatic hydroxyl groups excluding tert-OH is 2. The van der Waals surface area contributed by atoms with Crippen LogP contribution in [0, 0.1) is 0 Å². The van der Waals surface area contributed by atoms with E-state index in [1.165, 1.54) is 0 Å². The second-order valence-electron chi connectivity index (χ2n) is 2.58. The van der Waals surface area contributed by atoms with Crippen LogP contribution < -0.4 is 0 Å². The molecule has 11 heavy (non-hydrogen) atoms. The second-order valence-corrected chi connectivity index (χ2v) is 2.58. The maximum absolute atomic E-state index is 10.5. The predicted molar refractivity (Wildman–Crippen MR) is 42.3 cm³/mol. The molecule has 0 aliphatic carbocycles. The van der Waals surface area contributed by atoms with Crippen LogP contribution in [0.1, 0.15) is 32.1 Å². The lowest BCUT2D eigenvalue weighted by Crippen LogP contribution is -2.02. The smallest absolute Gasteiger partial charge is 0.158 e.